The molecule has 3 heterocycles. The summed E-state index contributed by atoms with van der Waals surface area (Å²) >= 11 is 1.81. The summed E-state index contributed by atoms with van der Waals surface area (Å²) in [7, 11) is 0. The van der Waals surface area contributed by atoms with Gasteiger partial charge >= 0.3 is 0 Å². The Bertz CT molecular complexity index is 821. The predicted octanol–water partition coefficient (Wildman–Crippen LogP) is 5.19. The Balaban J connectivity index is 1.25. The number of anilines is 2. The molecule has 0 saturated carbocycles. The third kappa shape index (κ3) is 5.60. The molecular formula is C25H34N4OS. The molecule has 2 aromatic rings. The van der Waals surface area contributed by atoms with Crippen molar-refractivity contribution in [2.75, 3.05) is 44.2 Å². The van der Waals surface area contributed by atoms with Crippen molar-refractivity contribution in [1.29, 1.82) is 0 Å². The van der Waals surface area contributed by atoms with Gasteiger partial charge in [-0.25, -0.2) is 4.98 Å². The first-order valence-electron chi connectivity index (χ1n) is 11.8. The number of para-hydroxylation sites is 1. The zero-order valence-corrected chi connectivity index (χ0v) is 19.4. The smallest absolute Gasteiger partial charge is 0.222 e. The van der Waals surface area contributed by atoms with Crippen LogP contribution in [0.4, 0.5) is 11.5 Å². The maximum Gasteiger partial charge on any atom is 0.222 e. The molecule has 0 bridgehead atoms. The number of rotatable bonds is 9. The summed E-state index contributed by atoms with van der Waals surface area (Å²) in [6.45, 7) is 7.95. The van der Waals surface area contributed by atoms with Crippen molar-refractivity contribution in [3.05, 3.63) is 42.6 Å². The van der Waals surface area contributed by atoms with Gasteiger partial charge in [0.2, 0.25) is 5.91 Å². The van der Waals surface area contributed by atoms with Gasteiger partial charge in [0, 0.05) is 50.2 Å². The Morgan fingerprint density at radius 1 is 0.935 bits per heavy atom. The Morgan fingerprint density at radius 2 is 1.74 bits per heavy atom. The van der Waals surface area contributed by atoms with Gasteiger partial charge < -0.3 is 9.80 Å². The van der Waals surface area contributed by atoms with Crippen molar-refractivity contribution in [3.63, 3.8) is 0 Å². The van der Waals surface area contributed by atoms with Crippen molar-refractivity contribution >= 4 is 29.2 Å². The van der Waals surface area contributed by atoms with Gasteiger partial charge in [-0.1, -0.05) is 50.1 Å². The van der Waals surface area contributed by atoms with Crippen molar-refractivity contribution in [1.82, 2.24) is 14.8 Å². The van der Waals surface area contributed by atoms with Gasteiger partial charge in [-0.15, -0.1) is 0 Å². The molecule has 31 heavy (non-hydrogen) atoms. The van der Waals surface area contributed by atoms with E-state index in [4.69, 9.17) is 0 Å². The molecule has 2 aliphatic heterocycles. The Morgan fingerprint density at radius 3 is 2.58 bits per heavy atom. The number of unbranched alkanes of at least 4 members (excludes halogenated alkanes) is 3. The number of piperazine rings is 1. The van der Waals surface area contributed by atoms with E-state index in [1.54, 1.807) is 11.8 Å². The van der Waals surface area contributed by atoms with Crippen LogP contribution in [0.3, 0.4) is 0 Å². The van der Waals surface area contributed by atoms with E-state index < -0.39 is 0 Å². The molecule has 0 atom stereocenters. The van der Waals surface area contributed by atoms with E-state index in [2.05, 4.69) is 56.9 Å². The quantitative estimate of drug-likeness (QED) is 0.504. The van der Waals surface area contributed by atoms with Crippen molar-refractivity contribution in [2.45, 2.75) is 55.2 Å². The lowest BCUT2D eigenvalue weighted by Gasteiger charge is -2.36. The highest BCUT2D eigenvalue weighted by Crippen LogP contribution is 2.46. The molecule has 2 aliphatic rings. The number of amides is 1. The van der Waals surface area contributed by atoms with Gasteiger partial charge in [-0.05, 0) is 43.7 Å². The Labute approximate surface area is 190 Å². The third-order valence-corrected chi connectivity index (χ3v) is 7.31. The zero-order valence-electron chi connectivity index (χ0n) is 18.6. The monoisotopic (exact) mass is 438 g/mol. The molecule has 1 aromatic heterocycles. The SMILES string of the molecule is CCCCCCC(=O)N1CCN(CCCN2c3ccccc3Sc3cccnc32)CC1. The molecule has 0 radical (unpaired) electrons. The fourth-order valence-electron chi connectivity index (χ4n) is 4.42. The van der Waals surface area contributed by atoms with Crippen LogP contribution in [0.25, 0.3) is 0 Å². The zero-order chi connectivity index (χ0) is 21.5. The number of carbonyl (C=O) groups excluding carboxylic acids is 1. The normalized spacial score (nSPS) is 16.2. The predicted molar refractivity (Wildman–Crippen MR) is 128 cm³/mol. The summed E-state index contributed by atoms with van der Waals surface area (Å²) in [6.07, 6.45) is 8.37. The molecule has 6 heteroatoms. The maximum absolute atomic E-state index is 12.4. The van der Waals surface area contributed by atoms with Crippen LogP contribution in [0.1, 0.15) is 45.4 Å². The summed E-state index contributed by atoms with van der Waals surface area (Å²) in [5.41, 5.74) is 1.26. The molecule has 1 aromatic carbocycles. The number of fused-ring (bicyclic) bond motifs is 2. The second-order valence-electron chi connectivity index (χ2n) is 8.43. The van der Waals surface area contributed by atoms with Gasteiger partial charge in [0.1, 0.15) is 5.82 Å². The van der Waals surface area contributed by atoms with Gasteiger partial charge in [-0.3, -0.25) is 9.69 Å². The van der Waals surface area contributed by atoms with Crippen LogP contribution >= 0.6 is 11.8 Å². The number of nitrogens with zero attached hydrogens (tertiary/aromatic N) is 4. The van der Waals surface area contributed by atoms with E-state index in [0.29, 0.717) is 5.91 Å². The molecule has 0 aliphatic carbocycles. The molecule has 1 fully saturated rings. The van der Waals surface area contributed by atoms with Gasteiger partial charge in [-0.2, -0.15) is 0 Å². The van der Waals surface area contributed by atoms with E-state index in [0.717, 1.165) is 64.3 Å². The highest BCUT2D eigenvalue weighted by Gasteiger charge is 2.25. The maximum atomic E-state index is 12.4. The van der Waals surface area contributed by atoms with Crippen molar-refractivity contribution < 1.29 is 4.79 Å². The van der Waals surface area contributed by atoms with Crippen LogP contribution in [-0.2, 0) is 4.79 Å². The molecule has 0 spiro atoms. The fourth-order valence-corrected chi connectivity index (χ4v) is 5.49. The minimum atomic E-state index is 0.348. The summed E-state index contributed by atoms with van der Waals surface area (Å²) in [6, 6.07) is 12.8. The first-order chi connectivity index (χ1) is 15.3. The number of carbonyl (C=O) groups is 1. The first kappa shape index (κ1) is 22.2. The minimum Gasteiger partial charge on any atom is -0.340 e. The third-order valence-electron chi connectivity index (χ3n) is 6.21. The average molecular weight is 439 g/mol. The van der Waals surface area contributed by atoms with Crippen molar-refractivity contribution in [2.24, 2.45) is 0 Å². The first-order valence-corrected chi connectivity index (χ1v) is 12.6. The molecule has 0 unspecified atom stereocenters. The van der Waals surface area contributed by atoms with E-state index in [1.807, 2.05) is 12.3 Å². The highest BCUT2D eigenvalue weighted by atomic mass is 32.2. The van der Waals surface area contributed by atoms with Crippen LogP contribution in [0, 0.1) is 0 Å². The number of hydrogen-bond acceptors (Lipinski definition) is 5. The van der Waals surface area contributed by atoms with Gasteiger partial charge in [0.15, 0.2) is 0 Å². The topological polar surface area (TPSA) is 39.7 Å². The molecule has 4 rings (SSSR count). The van der Waals surface area contributed by atoms with Crippen LogP contribution in [-0.4, -0.2) is 60.0 Å². The molecule has 5 nitrogen and oxygen atoms in total. The largest absolute Gasteiger partial charge is 0.340 e. The van der Waals surface area contributed by atoms with Gasteiger partial charge in [0.05, 0.1) is 10.6 Å². The number of benzene rings is 1. The summed E-state index contributed by atoms with van der Waals surface area (Å²) in [5, 5.41) is 0. The lowest BCUT2D eigenvalue weighted by Crippen LogP contribution is -2.49. The van der Waals surface area contributed by atoms with E-state index in [1.165, 1.54) is 34.7 Å². The number of aromatic nitrogens is 1. The number of pyridine rings is 1. The molecule has 166 valence electrons. The van der Waals surface area contributed by atoms with Crippen LogP contribution in [0.5, 0.6) is 0 Å². The van der Waals surface area contributed by atoms with Gasteiger partial charge in [0.25, 0.3) is 0 Å². The highest BCUT2D eigenvalue weighted by molar-refractivity contribution is 7.99. The lowest BCUT2D eigenvalue weighted by atomic mass is 10.1. The summed E-state index contributed by atoms with van der Waals surface area (Å²) < 4.78 is 0. The molecular weight excluding hydrogens is 404 g/mol. The van der Waals surface area contributed by atoms with E-state index >= 15 is 0 Å². The minimum absolute atomic E-state index is 0.348. The Hall–Kier alpha value is -2.05. The molecule has 1 amide bonds. The van der Waals surface area contributed by atoms with E-state index in [-0.39, 0.29) is 0 Å². The second kappa shape index (κ2) is 11.0. The second-order valence-corrected chi connectivity index (χ2v) is 9.52. The molecule has 1 saturated heterocycles. The van der Waals surface area contributed by atoms with Crippen LogP contribution in [0.2, 0.25) is 0 Å². The molecule has 0 N–H and O–H groups in total. The lowest BCUT2D eigenvalue weighted by molar-refractivity contribution is -0.133. The van der Waals surface area contributed by atoms with E-state index in [9.17, 15) is 4.79 Å². The average Bonchev–Trinajstić information content (AvgIpc) is 2.81. The Kier molecular flexibility index (Phi) is 7.86. The summed E-state index contributed by atoms with van der Waals surface area (Å²) in [4.78, 5) is 26.6. The van der Waals surface area contributed by atoms with Crippen molar-refractivity contribution in [3.8, 4) is 0 Å². The number of hydrogen-bond donors (Lipinski definition) is 0. The fraction of sp³-hybridized carbons (Fsp3) is 0.520. The van der Waals surface area contributed by atoms with Crippen LogP contribution in [0.15, 0.2) is 52.4 Å². The standard InChI is InChI=1S/C25H34N4OS/c1-2-3-4-5-13-24(30)28-19-17-27(18-20-28)15-9-16-29-21-10-6-7-11-22(21)31-23-12-8-14-26-25(23)29/h6-8,10-12,14H,2-5,9,13,15-20H2,1H3. The van der Waals surface area contributed by atoms with Crippen LogP contribution < -0.4 is 4.90 Å². The summed E-state index contributed by atoms with van der Waals surface area (Å²) in [5.74, 6) is 1.42.